The third-order valence-electron chi connectivity index (χ3n) is 2.41. The summed E-state index contributed by atoms with van der Waals surface area (Å²) in [7, 11) is 0. The Morgan fingerprint density at radius 1 is 1.28 bits per heavy atom. The third kappa shape index (κ3) is 4.41. The van der Waals surface area contributed by atoms with Gasteiger partial charge in [-0.15, -0.1) is 0 Å². The van der Waals surface area contributed by atoms with Gasteiger partial charge in [-0.1, -0.05) is 18.7 Å². The number of ketones is 1. The van der Waals surface area contributed by atoms with E-state index in [0.717, 1.165) is 0 Å². The van der Waals surface area contributed by atoms with E-state index in [2.05, 4.69) is 6.58 Å². The molecule has 96 valence electrons. The Balaban J connectivity index is 2.37. The molecule has 4 heteroatoms. The van der Waals surface area contributed by atoms with Crippen LogP contribution in [0.2, 0.25) is 0 Å². The minimum Gasteiger partial charge on any atom is -0.545 e. The van der Waals surface area contributed by atoms with Gasteiger partial charge < -0.3 is 14.6 Å². The average molecular weight is 247 g/mol. The van der Waals surface area contributed by atoms with E-state index in [1.165, 1.54) is 12.1 Å². The molecule has 1 rings (SSSR count). The lowest BCUT2D eigenvalue weighted by atomic mass is 10.2. The summed E-state index contributed by atoms with van der Waals surface area (Å²) in [5.74, 6) is -0.954. The zero-order valence-electron chi connectivity index (χ0n) is 10.1. The first-order chi connectivity index (χ1) is 8.65. The number of para-hydroxylation sites is 1. The quantitative estimate of drug-likeness (QED) is 0.514. The van der Waals surface area contributed by atoms with Crippen LogP contribution in [0.4, 0.5) is 0 Å². The van der Waals surface area contributed by atoms with E-state index < -0.39 is 5.97 Å². The molecular weight excluding hydrogens is 232 g/mol. The molecule has 0 heterocycles. The second kappa shape index (κ2) is 7.27. The number of rotatable bonds is 8. The Labute approximate surface area is 106 Å². The molecule has 0 fully saturated rings. The van der Waals surface area contributed by atoms with Gasteiger partial charge in [0.2, 0.25) is 0 Å². The molecular formula is C14H15O4-. The molecule has 0 aliphatic rings. The van der Waals surface area contributed by atoms with Crippen LogP contribution in [-0.2, 0) is 4.79 Å². The largest absolute Gasteiger partial charge is 0.545 e. The van der Waals surface area contributed by atoms with Gasteiger partial charge in [0.15, 0.2) is 5.78 Å². The van der Waals surface area contributed by atoms with Gasteiger partial charge in [-0.2, -0.15) is 0 Å². The summed E-state index contributed by atoms with van der Waals surface area (Å²) >= 11 is 0. The molecule has 0 unspecified atom stereocenters. The number of unbranched alkanes of at least 4 members (excludes halogenated alkanes) is 1. The number of benzene rings is 1. The summed E-state index contributed by atoms with van der Waals surface area (Å²) in [6, 6.07) is 6.33. The zero-order valence-corrected chi connectivity index (χ0v) is 10.1. The van der Waals surface area contributed by atoms with Gasteiger partial charge in [0.05, 0.1) is 12.6 Å². The standard InChI is InChI=1S/C14H16O4/c1-2-11(15)7-5-6-10-18-13-9-4-3-8-12(13)14(16)17/h2-4,8-9H,1,5-7,10H2,(H,16,17)/p-1. The van der Waals surface area contributed by atoms with Crippen LogP contribution in [0, 0.1) is 0 Å². The normalized spacial score (nSPS) is 9.78. The number of carboxylic acid groups (broad SMARTS) is 1. The second-order valence-corrected chi connectivity index (χ2v) is 3.76. The third-order valence-corrected chi connectivity index (χ3v) is 2.41. The highest BCUT2D eigenvalue weighted by Gasteiger charge is 2.03. The summed E-state index contributed by atoms with van der Waals surface area (Å²) in [5, 5.41) is 10.8. The molecule has 1 aromatic carbocycles. The number of aromatic carboxylic acids is 1. The molecule has 0 saturated carbocycles. The highest BCUT2D eigenvalue weighted by molar-refractivity contribution is 5.89. The summed E-state index contributed by atoms with van der Waals surface area (Å²) in [6.07, 6.45) is 3.11. The molecule has 0 aromatic heterocycles. The summed E-state index contributed by atoms with van der Waals surface area (Å²) in [4.78, 5) is 21.7. The van der Waals surface area contributed by atoms with Gasteiger partial charge in [0.1, 0.15) is 5.75 Å². The molecule has 0 aliphatic heterocycles. The van der Waals surface area contributed by atoms with Gasteiger partial charge in [-0.05, 0) is 31.1 Å². The molecule has 0 saturated heterocycles. The summed E-state index contributed by atoms with van der Waals surface area (Å²) in [5.41, 5.74) is 0.0414. The Kier molecular flexibility index (Phi) is 5.64. The summed E-state index contributed by atoms with van der Waals surface area (Å²) < 4.78 is 5.36. The lowest BCUT2D eigenvalue weighted by Crippen LogP contribution is -2.23. The maximum absolute atomic E-state index is 10.9. The SMILES string of the molecule is C=CC(=O)CCCCOc1ccccc1C(=O)[O-]. The van der Waals surface area contributed by atoms with Gasteiger partial charge in [-0.3, -0.25) is 4.79 Å². The number of carbonyl (C=O) groups is 2. The van der Waals surface area contributed by atoms with E-state index in [4.69, 9.17) is 4.74 Å². The molecule has 0 amide bonds. The predicted octanol–water partition coefficient (Wildman–Crippen LogP) is 1.35. The molecule has 0 aliphatic carbocycles. The van der Waals surface area contributed by atoms with E-state index in [1.807, 2.05) is 0 Å². The maximum Gasteiger partial charge on any atom is 0.155 e. The fourth-order valence-electron chi connectivity index (χ4n) is 1.45. The molecule has 0 N–H and O–H groups in total. The van der Waals surface area contributed by atoms with Crippen LogP contribution in [0.1, 0.15) is 29.6 Å². The Bertz CT molecular complexity index is 437. The molecule has 0 spiro atoms. The fraction of sp³-hybridized carbons (Fsp3) is 0.286. The van der Waals surface area contributed by atoms with Crippen molar-refractivity contribution < 1.29 is 19.4 Å². The molecule has 1 aromatic rings. The van der Waals surface area contributed by atoms with Crippen molar-refractivity contribution in [1.82, 2.24) is 0 Å². The van der Waals surface area contributed by atoms with Crippen molar-refractivity contribution in [3.8, 4) is 5.75 Å². The van der Waals surface area contributed by atoms with E-state index >= 15 is 0 Å². The van der Waals surface area contributed by atoms with E-state index in [1.54, 1.807) is 18.2 Å². The first kappa shape index (κ1) is 14.0. The Hall–Kier alpha value is -2.10. The number of allylic oxidation sites excluding steroid dienone is 1. The van der Waals surface area contributed by atoms with Crippen LogP contribution >= 0.6 is 0 Å². The number of ether oxygens (including phenoxy) is 1. The first-order valence-corrected chi connectivity index (χ1v) is 5.73. The maximum atomic E-state index is 10.9. The summed E-state index contributed by atoms with van der Waals surface area (Å²) in [6.45, 7) is 3.75. The minimum atomic E-state index is -1.26. The lowest BCUT2D eigenvalue weighted by Gasteiger charge is -2.11. The minimum absolute atomic E-state index is 0.00476. The van der Waals surface area contributed by atoms with Crippen LogP contribution in [0.15, 0.2) is 36.9 Å². The van der Waals surface area contributed by atoms with Crippen molar-refractivity contribution in [3.05, 3.63) is 42.5 Å². The van der Waals surface area contributed by atoms with Crippen LogP contribution in [0.3, 0.4) is 0 Å². The monoisotopic (exact) mass is 247 g/mol. The smallest absolute Gasteiger partial charge is 0.155 e. The lowest BCUT2D eigenvalue weighted by molar-refractivity contribution is -0.255. The van der Waals surface area contributed by atoms with Crippen molar-refractivity contribution in [1.29, 1.82) is 0 Å². The van der Waals surface area contributed by atoms with Gasteiger partial charge in [-0.25, -0.2) is 0 Å². The number of carboxylic acids is 1. The van der Waals surface area contributed by atoms with Crippen molar-refractivity contribution in [2.75, 3.05) is 6.61 Å². The van der Waals surface area contributed by atoms with Crippen LogP contribution in [-0.4, -0.2) is 18.4 Å². The molecule has 0 atom stereocenters. The average Bonchev–Trinajstić information content (AvgIpc) is 2.38. The number of hydrogen-bond donors (Lipinski definition) is 0. The number of hydrogen-bond acceptors (Lipinski definition) is 4. The fourth-order valence-corrected chi connectivity index (χ4v) is 1.45. The molecule has 18 heavy (non-hydrogen) atoms. The Morgan fingerprint density at radius 3 is 2.67 bits per heavy atom. The van der Waals surface area contributed by atoms with E-state index in [-0.39, 0.29) is 11.3 Å². The first-order valence-electron chi connectivity index (χ1n) is 5.73. The van der Waals surface area contributed by atoms with Crippen molar-refractivity contribution in [2.24, 2.45) is 0 Å². The molecule has 4 nitrogen and oxygen atoms in total. The van der Waals surface area contributed by atoms with Crippen molar-refractivity contribution >= 4 is 11.8 Å². The van der Waals surface area contributed by atoms with Crippen LogP contribution < -0.4 is 9.84 Å². The van der Waals surface area contributed by atoms with Gasteiger partial charge in [0, 0.05) is 12.0 Å². The zero-order chi connectivity index (χ0) is 13.4. The van der Waals surface area contributed by atoms with E-state index in [0.29, 0.717) is 31.6 Å². The van der Waals surface area contributed by atoms with Crippen molar-refractivity contribution in [2.45, 2.75) is 19.3 Å². The van der Waals surface area contributed by atoms with Crippen LogP contribution in [0.5, 0.6) is 5.75 Å². The molecule has 0 bridgehead atoms. The highest BCUT2D eigenvalue weighted by Crippen LogP contribution is 2.17. The second-order valence-electron chi connectivity index (χ2n) is 3.76. The Morgan fingerprint density at radius 2 is 2.00 bits per heavy atom. The van der Waals surface area contributed by atoms with Gasteiger partial charge >= 0.3 is 0 Å². The van der Waals surface area contributed by atoms with Gasteiger partial charge in [0.25, 0.3) is 0 Å². The molecule has 0 radical (unpaired) electrons. The topological polar surface area (TPSA) is 66.4 Å². The van der Waals surface area contributed by atoms with E-state index in [9.17, 15) is 14.7 Å². The van der Waals surface area contributed by atoms with Crippen LogP contribution in [0.25, 0.3) is 0 Å². The highest BCUT2D eigenvalue weighted by atomic mass is 16.5. The predicted molar refractivity (Wildman–Crippen MR) is 65.3 cm³/mol. The van der Waals surface area contributed by atoms with Crippen molar-refractivity contribution in [3.63, 3.8) is 0 Å². The number of carbonyl (C=O) groups excluding carboxylic acids is 2.